The third kappa shape index (κ3) is 3.90. The summed E-state index contributed by atoms with van der Waals surface area (Å²) in [5.74, 6) is 0.807. The van der Waals surface area contributed by atoms with Crippen LogP contribution in [-0.2, 0) is 6.54 Å². The van der Waals surface area contributed by atoms with Gasteiger partial charge in [-0.25, -0.2) is 0 Å². The first-order valence-corrected chi connectivity index (χ1v) is 7.42. The molecule has 1 N–H and O–H groups in total. The lowest BCUT2D eigenvalue weighted by Crippen LogP contribution is -2.27. The van der Waals surface area contributed by atoms with Crippen molar-refractivity contribution >= 4 is 16.5 Å². The van der Waals surface area contributed by atoms with Crippen molar-refractivity contribution in [3.63, 3.8) is 0 Å². The molecule has 1 aliphatic heterocycles. The molecular weight excluding hydrogens is 246 g/mol. The summed E-state index contributed by atoms with van der Waals surface area (Å²) in [7, 11) is 4.38. The maximum absolute atomic E-state index is 4.22. The first-order chi connectivity index (χ1) is 8.67. The fourth-order valence-electron chi connectivity index (χ4n) is 2.45. The number of hydrogen-bond acceptors (Lipinski definition) is 6. The van der Waals surface area contributed by atoms with Gasteiger partial charge in [0.2, 0.25) is 5.13 Å². The minimum absolute atomic E-state index is 0.807. The Kier molecular flexibility index (Phi) is 4.91. The van der Waals surface area contributed by atoms with E-state index in [0.29, 0.717) is 0 Å². The van der Waals surface area contributed by atoms with E-state index in [4.69, 9.17) is 0 Å². The summed E-state index contributed by atoms with van der Waals surface area (Å²) in [6, 6.07) is 0. The van der Waals surface area contributed by atoms with Crippen LogP contribution >= 0.6 is 11.3 Å². The standard InChI is InChI=1S/C12H23N5S/c1-4-13-12-15-14-11(18-12)9-17(3)8-10-5-6-16(2)7-10/h10H,4-9H2,1-3H3,(H,13,15). The van der Waals surface area contributed by atoms with Gasteiger partial charge in [-0.2, -0.15) is 0 Å². The summed E-state index contributed by atoms with van der Waals surface area (Å²) in [4.78, 5) is 4.77. The third-order valence-electron chi connectivity index (χ3n) is 3.26. The topological polar surface area (TPSA) is 44.3 Å². The number of aromatic nitrogens is 2. The fourth-order valence-corrected chi connectivity index (χ4v) is 3.34. The van der Waals surface area contributed by atoms with Crippen LogP contribution in [0.4, 0.5) is 5.13 Å². The highest BCUT2D eigenvalue weighted by molar-refractivity contribution is 7.15. The molecular formula is C12H23N5S. The molecule has 1 saturated heterocycles. The van der Waals surface area contributed by atoms with Crippen LogP contribution in [0.3, 0.4) is 0 Å². The maximum atomic E-state index is 4.22. The molecule has 0 bridgehead atoms. The number of nitrogens with zero attached hydrogens (tertiary/aromatic N) is 4. The van der Waals surface area contributed by atoms with Crippen molar-refractivity contribution in [3.05, 3.63) is 5.01 Å². The maximum Gasteiger partial charge on any atom is 0.205 e. The predicted molar refractivity (Wildman–Crippen MR) is 76.0 cm³/mol. The molecule has 1 aromatic heterocycles. The van der Waals surface area contributed by atoms with Gasteiger partial charge in [-0.3, -0.25) is 4.90 Å². The Labute approximate surface area is 113 Å². The van der Waals surface area contributed by atoms with Gasteiger partial charge in [-0.1, -0.05) is 11.3 Å². The molecule has 0 aliphatic carbocycles. The second kappa shape index (κ2) is 6.45. The molecule has 0 spiro atoms. The molecule has 0 radical (unpaired) electrons. The smallest absolute Gasteiger partial charge is 0.205 e. The van der Waals surface area contributed by atoms with Crippen LogP contribution in [0.2, 0.25) is 0 Å². The van der Waals surface area contributed by atoms with Gasteiger partial charge >= 0.3 is 0 Å². The Hall–Kier alpha value is -0.720. The van der Waals surface area contributed by atoms with Crippen molar-refractivity contribution in [2.45, 2.75) is 19.9 Å². The Bertz CT molecular complexity index is 367. The summed E-state index contributed by atoms with van der Waals surface area (Å²) in [5.41, 5.74) is 0. The molecule has 18 heavy (non-hydrogen) atoms. The lowest BCUT2D eigenvalue weighted by atomic mass is 10.1. The molecule has 0 saturated carbocycles. The van der Waals surface area contributed by atoms with E-state index >= 15 is 0 Å². The van der Waals surface area contributed by atoms with Crippen molar-refractivity contribution < 1.29 is 0 Å². The van der Waals surface area contributed by atoms with E-state index in [2.05, 4.69) is 46.3 Å². The molecule has 0 aromatic carbocycles. The molecule has 102 valence electrons. The van der Waals surface area contributed by atoms with Crippen LogP contribution in [0.15, 0.2) is 0 Å². The van der Waals surface area contributed by atoms with Gasteiger partial charge in [0, 0.05) is 19.6 Å². The fraction of sp³-hybridized carbons (Fsp3) is 0.833. The van der Waals surface area contributed by atoms with E-state index in [-0.39, 0.29) is 0 Å². The molecule has 1 atom stereocenters. The summed E-state index contributed by atoms with van der Waals surface area (Å²) in [5, 5.41) is 13.6. The average molecular weight is 269 g/mol. The summed E-state index contributed by atoms with van der Waals surface area (Å²) in [6.45, 7) is 7.50. The van der Waals surface area contributed by atoms with Crippen LogP contribution < -0.4 is 5.32 Å². The van der Waals surface area contributed by atoms with Crippen LogP contribution in [-0.4, -0.2) is 60.3 Å². The quantitative estimate of drug-likeness (QED) is 0.844. The summed E-state index contributed by atoms with van der Waals surface area (Å²) in [6.07, 6.45) is 1.32. The van der Waals surface area contributed by atoms with Crippen LogP contribution in [0.25, 0.3) is 0 Å². The number of nitrogens with one attached hydrogen (secondary N) is 1. The number of likely N-dealkylation sites (tertiary alicyclic amines) is 1. The molecule has 1 aliphatic rings. The van der Waals surface area contributed by atoms with E-state index in [1.165, 1.54) is 19.5 Å². The Balaban J connectivity index is 1.77. The van der Waals surface area contributed by atoms with Crippen LogP contribution in [0.5, 0.6) is 0 Å². The summed E-state index contributed by atoms with van der Waals surface area (Å²) >= 11 is 1.66. The Morgan fingerprint density at radius 2 is 2.33 bits per heavy atom. The summed E-state index contributed by atoms with van der Waals surface area (Å²) < 4.78 is 0. The highest BCUT2D eigenvalue weighted by atomic mass is 32.1. The zero-order chi connectivity index (χ0) is 13.0. The van der Waals surface area contributed by atoms with Gasteiger partial charge < -0.3 is 10.2 Å². The van der Waals surface area contributed by atoms with Crippen molar-refractivity contribution in [2.75, 3.05) is 45.6 Å². The second-order valence-electron chi connectivity index (χ2n) is 5.14. The molecule has 0 amide bonds. The van der Waals surface area contributed by atoms with Gasteiger partial charge in [0.25, 0.3) is 0 Å². The van der Waals surface area contributed by atoms with Gasteiger partial charge in [0.05, 0.1) is 6.54 Å². The highest BCUT2D eigenvalue weighted by Gasteiger charge is 2.21. The van der Waals surface area contributed by atoms with E-state index in [1.807, 2.05) is 0 Å². The lowest BCUT2D eigenvalue weighted by molar-refractivity contribution is 0.266. The third-order valence-corrected chi connectivity index (χ3v) is 4.12. The van der Waals surface area contributed by atoms with Crippen molar-refractivity contribution in [3.8, 4) is 0 Å². The Morgan fingerprint density at radius 1 is 1.50 bits per heavy atom. The average Bonchev–Trinajstić information content (AvgIpc) is 2.89. The molecule has 6 heteroatoms. The predicted octanol–water partition coefficient (Wildman–Crippen LogP) is 1.35. The first-order valence-electron chi connectivity index (χ1n) is 6.60. The van der Waals surface area contributed by atoms with Crippen LogP contribution in [0.1, 0.15) is 18.4 Å². The van der Waals surface area contributed by atoms with Crippen molar-refractivity contribution in [2.24, 2.45) is 5.92 Å². The molecule has 2 heterocycles. The number of anilines is 1. The highest BCUT2D eigenvalue weighted by Crippen LogP contribution is 2.19. The monoisotopic (exact) mass is 269 g/mol. The van der Waals surface area contributed by atoms with Gasteiger partial charge in [-0.05, 0) is 39.9 Å². The normalized spacial score (nSPS) is 20.8. The number of hydrogen-bond donors (Lipinski definition) is 1. The minimum Gasteiger partial charge on any atom is -0.360 e. The zero-order valence-electron chi connectivity index (χ0n) is 11.5. The minimum atomic E-state index is 0.807. The molecule has 2 rings (SSSR count). The zero-order valence-corrected chi connectivity index (χ0v) is 12.3. The molecule has 5 nitrogen and oxygen atoms in total. The first kappa shape index (κ1) is 13.7. The van der Waals surface area contributed by atoms with Crippen molar-refractivity contribution in [1.82, 2.24) is 20.0 Å². The van der Waals surface area contributed by atoms with E-state index in [0.717, 1.165) is 35.7 Å². The van der Waals surface area contributed by atoms with Crippen molar-refractivity contribution in [1.29, 1.82) is 0 Å². The van der Waals surface area contributed by atoms with E-state index in [1.54, 1.807) is 11.3 Å². The van der Waals surface area contributed by atoms with E-state index < -0.39 is 0 Å². The van der Waals surface area contributed by atoms with Gasteiger partial charge in [0.1, 0.15) is 5.01 Å². The van der Waals surface area contributed by atoms with Gasteiger partial charge in [0.15, 0.2) is 0 Å². The lowest BCUT2D eigenvalue weighted by Gasteiger charge is -2.19. The SMILES string of the molecule is CCNc1nnc(CN(C)CC2CCN(C)C2)s1. The van der Waals surface area contributed by atoms with E-state index in [9.17, 15) is 0 Å². The Morgan fingerprint density at radius 3 is 3.00 bits per heavy atom. The number of rotatable bonds is 6. The van der Waals surface area contributed by atoms with Crippen LogP contribution in [0, 0.1) is 5.92 Å². The molecule has 1 aromatic rings. The molecule has 1 unspecified atom stereocenters. The molecule has 1 fully saturated rings. The largest absolute Gasteiger partial charge is 0.360 e. The second-order valence-corrected chi connectivity index (χ2v) is 6.21. The van der Waals surface area contributed by atoms with Gasteiger partial charge in [-0.15, -0.1) is 10.2 Å².